The van der Waals surface area contributed by atoms with Gasteiger partial charge in [0.15, 0.2) is 0 Å². The zero-order valence-electron chi connectivity index (χ0n) is 13.7. The first-order valence-corrected chi connectivity index (χ1v) is 8.56. The van der Waals surface area contributed by atoms with Crippen LogP contribution in [-0.4, -0.2) is 16.7 Å². The molecule has 124 valence electrons. The first kappa shape index (κ1) is 17.4. The van der Waals surface area contributed by atoms with E-state index in [2.05, 4.69) is 47.9 Å². The normalized spacial score (nSPS) is 11.0. The van der Waals surface area contributed by atoms with Crippen LogP contribution in [0.4, 0.5) is 0 Å². The smallest absolute Gasteiger partial charge is 0.294 e. The highest BCUT2D eigenvalue weighted by Crippen LogP contribution is 2.22. The number of thiazole rings is 1. The predicted octanol–water partition coefficient (Wildman–Crippen LogP) is 3.99. The van der Waals surface area contributed by atoms with Crippen LogP contribution in [0.25, 0.3) is 0 Å². The molecule has 0 saturated heterocycles. The Labute approximate surface area is 140 Å². The molecule has 1 heterocycles. The third-order valence-corrected chi connectivity index (χ3v) is 4.70. The number of nitrogens with zero attached hydrogens (tertiary/aromatic N) is 2. The summed E-state index contributed by atoms with van der Waals surface area (Å²) in [7, 11) is 0. The Morgan fingerprint density at radius 1 is 1.26 bits per heavy atom. The summed E-state index contributed by atoms with van der Waals surface area (Å²) in [6.07, 6.45) is 2.42. The van der Waals surface area contributed by atoms with Crippen molar-refractivity contribution in [2.45, 2.75) is 40.0 Å². The summed E-state index contributed by atoms with van der Waals surface area (Å²) >= 11 is 1.61. The van der Waals surface area contributed by atoms with E-state index in [0.29, 0.717) is 12.3 Å². The molecule has 0 aliphatic carbocycles. The molecule has 0 N–H and O–H groups in total. The molecular weight excluding hydrogens is 312 g/mol. The van der Waals surface area contributed by atoms with E-state index in [4.69, 9.17) is 0 Å². The van der Waals surface area contributed by atoms with Crippen molar-refractivity contribution in [1.82, 2.24) is 4.98 Å². The maximum absolute atomic E-state index is 10.2. The van der Waals surface area contributed by atoms with Crippen LogP contribution in [0.2, 0.25) is 0 Å². The van der Waals surface area contributed by atoms with Crippen LogP contribution in [0.1, 0.15) is 40.6 Å². The standard InChI is InChI=1S/C17H22N2O3S/c1-12(2)10-14-4-6-15(7-5-14)11-17-18-13(3)16(23-17)8-9-22-19(20)21/h4-7,12H,8-11H2,1-3H3. The summed E-state index contributed by atoms with van der Waals surface area (Å²) in [4.78, 5) is 20.2. The third kappa shape index (κ3) is 5.63. The van der Waals surface area contributed by atoms with Gasteiger partial charge in [-0.15, -0.1) is 21.5 Å². The van der Waals surface area contributed by atoms with Crippen molar-refractivity contribution in [3.63, 3.8) is 0 Å². The molecule has 0 aliphatic rings. The maximum Gasteiger partial charge on any atom is 0.294 e. The minimum Gasteiger partial charge on any atom is -0.314 e. The minimum atomic E-state index is -0.754. The van der Waals surface area contributed by atoms with E-state index >= 15 is 0 Å². The SMILES string of the molecule is Cc1nc(Cc2ccc(CC(C)C)cc2)sc1CCO[N+](=O)[O-]. The van der Waals surface area contributed by atoms with Crippen molar-refractivity contribution < 1.29 is 9.92 Å². The number of aryl methyl sites for hydroxylation is 1. The van der Waals surface area contributed by atoms with Crippen LogP contribution in [0.5, 0.6) is 0 Å². The molecule has 0 atom stereocenters. The van der Waals surface area contributed by atoms with E-state index in [1.165, 1.54) is 11.1 Å². The second-order valence-corrected chi connectivity index (χ2v) is 7.18. The van der Waals surface area contributed by atoms with E-state index in [9.17, 15) is 10.1 Å². The molecule has 2 rings (SSSR count). The van der Waals surface area contributed by atoms with E-state index < -0.39 is 5.09 Å². The number of hydrogen-bond donors (Lipinski definition) is 0. The quantitative estimate of drug-likeness (QED) is 0.541. The van der Waals surface area contributed by atoms with Crippen LogP contribution in [0, 0.1) is 23.0 Å². The Kier molecular flexibility index (Phi) is 6.10. The molecule has 1 aromatic carbocycles. The van der Waals surface area contributed by atoms with Gasteiger partial charge in [-0.25, -0.2) is 4.98 Å². The average Bonchev–Trinajstić information content (AvgIpc) is 2.80. The second-order valence-electron chi connectivity index (χ2n) is 6.01. The van der Waals surface area contributed by atoms with Crippen LogP contribution < -0.4 is 0 Å². The lowest BCUT2D eigenvalue weighted by Gasteiger charge is -2.05. The summed E-state index contributed by atoms with van der Waals surface area (Å²) in [6, 6.07) is 8.68. The van der Waals surface area contributed by atoms with E-state index in [1.807, 2.05) is 6.92 Å². The molecule has 5 nitrogen and oxygen atoms in total. The van der Waals surface area contributed by atoms with Gasteiger partial charge in [-0.3, -0.25) is 0 Å². The van der Waals surface area contributed by atoms with Gasteiger partial charge in [0.2, 0.25) is 0 Å². The van der Waals surface area contributed by atoms with Crippen molar-refractivity contribution in [1.29, 1.82) is 0 Å². The molecule has 23 heavy (non-hydrogen) atoms. The summed E-state index contributed by atoms with van der Waals surface area (Å²) in [5.41, 5.74) is 3.53. The summed E-state index contributed by atoms with van der Waals surface area (Å²) < 4.78 is 0. The van der Waals surface area contributed by atoms with E-state index in [1.54, 1.807) is 11.3 Å². The van der Waals surface area contributed by atoms with Gasteiger partial charge in [0.05, 0.1) is 10.7 Å². The largest absolute Gasteiger partial charge is 0.314 e. The fraction of sp³-hybridized carbons (Fsp3) is 0.471. The van der Waals surface area contributed by atoms with Crippen molar-refractivity contribution in [3.8, 4) is 0 Å². The highest BCUT2D eigenvalue weighted by Gasteiger charge is 2.09. The average molecular weight is 334 g/mol. The van der Waals surface area contributed by atoms with Crippen LogP contribution in [0.15, 0.2) is 24.3 Å². The monoisotopic (exact) mass is 334 g/mol. The fourth-order valence-electron chi connectivity index (χ4n) is 2.45. The molecule has 0 amide bonds. The van der Waals surface area contributed by atoms with Gasteiger partial charge in [0, 0.05) is 17.7 Å². The van der Waals surface area contributed by atoms with Gasteiger partial charge in [-0.2, -0.15) is 0 Å². The maximum atomic E-state index is 10.2. The molecule has 0 radical (unpaired) electrons. The molecule has 0 unspecified atom stereocenters. The molecule has 0 saturated carbocycles. The van der Waals surface area contributed by atoms with Gasteiger partial charge in [-0.1, -0.05) is 38.1 Å². The fourth-order valence-corrected chi connectivity index (χ4v) is 3.53. The van der Waals surface area contributed by atoms with Crippen molar-refractivity contribution in [2.24, 2.45) is 5.92 Å². The Balaban J connectivity index is 1.96. The number of hydrogen-bond acceptors (Lipinski definition) is 5. The van der Waals surface area contributed by atoms with E-state index in [0.717, 1.165) is 28.4 Å². The molecule has 0 aliphatic heterocycles. The van der Waals surface area contributed by atoms with Crippen LogP contribution >= 0.6 is 11.3 Å². The molecule has 0 spiro atoms. The Morgan fingerprint density at radius 2 is 1.91 bits per heavy atom. The molecule has 1 aromatic heterocycles. The van der Waals surface area contributed by atoms with Crippen LogP contribution in [-0.2, 0) is 24.1 Å². The number of benzene rings is 1. The van der Waals surface area contributed by atoms with E-state index in [-0.39, 0.29) is 6.61 Å². The lowest BCUT2D eigenvalue weighted by atomic mass is 10.0. The first-order chi connectivity index (χ1) is 10.9. The van der Waals surface area contributed by atoms with Gasteiger partial charge >= 0.3 is 0 Å². The minimum absolute atomic E-state index is 0.0827. The zero-order chi connectivity index (χ0) is 16.8. The Bertz CT molecular complexity index is 650. The van der Waals surface area contributed by atoms with Crippen LogP contribution in [0.3, 0.4) is 0 Å². The van der Waals surface area contributed by atoms with Crippen molar-refractivity contribution in [2.75, 3.05) is 6.61 Å². The van der Waals surface area contributed by atoms with Gasteiger partial charge in [0.1, 0.15) is 6.61 Å². The van der Waals surface area contributed by atoms with Gasteiger partial charge in [-0.05, 0) is 30.4 Å². The number of aromatic nitrogens is 1. The third-order valence-electron chi connectivity index (χ3n) is 3.49. The second kappa shape index (κ2) is 8.06. The Morgan fingerprint density at radius 3 is 2.52 bits per heavy atom. The number of rotatable bonds is 8. The highest BCUT2D eigenvalue weighted by atomic mass is 32.1. The molecule has 0 bridgehead atoms. The highest BCUT2D eigenvalue weighted by molar-refractivity contribution is 7.11. The summed E-state index contributed by atoms with van der Waals surface area (Å²) in [6.45, 7) is 6.46. The lowest BCUT2D eigenvalue weighted by Crippen LogP contribution is -2.04. The van der Waals surface area contributed by atoms with Crippen molar-refractivity contribution >= 4 is 11.3 Å². The molecular formula is C17H22N2O3S. The lowest BCUT2D eigenvalue weighted by molar-refractivity contribution is -0.757. The summed E-state index contributed by atoms with van der Waals surface area (Å²) in [5, 5.41) is 10.5. The molecule has 0 fully saturated rings. The first-order valence-electron chi connectivity index (χ1n) is 7.74. The molecule has 2 aromatic rings. The zero-order valence-corrected chi connectivity index (χ0v) is 14.6. The molecule has 6 heteroatoms. The van der Waals surface area contributed by atoms with Crippen molar-refractivity contribution in [3.05, 3.63) is 61.1 Å². The Hall–Kier alpha value is -1.95. The van der Waals surface area contributed by atoms with Gasteiger partial charge in [0.25, 0.3) is 5.09 Å². The summed E-state index contributed by atoms with van der Waals surface area (Å²) in [5.74, 6) is 0.659. The van der Waals surface area contributed by atoms with Gasteiger partial charge < -0.3 is 4.84 Å². The predicted molar refractivity (Wildman–Crippen MR) is 91.3 cm³/mol. The topological polar surface area (TPSA) is 65.3 Å².